The lowest BCUT2D eigenvalue weighted by Crippen LogP contribution is -2.15. The maximum Gasteiger partial charge on any atom is 0.251 e. The van der Waals surface area contributed by atoms with E-state index in [-0.39, 0.29) is 17.2 Å². The molecule has 3 heterocycles. The van der Waals surface area contributed by atoms with Crippen LogP contribution in [0.3, 0.4) is 0 Å². The standard InChI is InChI=1S/C18H15N5O2S2/c1-10-6-15(24)22-17(20-10)27-9-16(25)23-18-21-14(8-26-18)12-7-19-13-5-3-2-4-11(12)13/h2-8,19H,9H2,1H3,(H,20,22,24)(H,21,23,25). The number of aromatic amines is 2. The van der Waals surface area contributed by atoms with Crippen LogP contribution in [0.4, 0.5) is 5.13 Å². The second kappa shape index (κ2) is 7.37. The third-order valence-corrected chi connectivity index (χ3v) is 5.43. The van der Waals surface area contributed by atoms with Crippen LogP contribution in [0.25, 0.3) is 22.2 Å². The van der Waals surface area contributed by atoms with Gasteiger partial charge in [-0.05, 0) is 13.0 Å². The molecule has 0 fully saturated rings. The molecule has 0 unspecified atom stereocenters. The molecule has 1 aromatic carbocycles. The number of nitrogens with zero attached hydrogens (tertiary/aromatic N) is 2. The molecule has 4 rings (SSSR count). The molecule has 0 atom stereocenters. The summed E-state index contributed by atoms with van der Waals surface area (Å²) in [5.41, 5.74) is 3.24. The number of hydrogen-bond donors (Lipinski definition) is 3. The molecule has 0 saturated carbocycles. The Bertz CT molecular complexity index is 1180. The fraction of sp³-hybridized carbons (Fsp3) is 0.111. The molecule has 136 valence electrons. The first-order chi connectivity index (χ1) is 13.1. The van der Waals surface area contributed by atoms with Crippen molar-refractivity contribution in [3.8, 4) is 11.3 Å². The van der Waals surface area contributed by atoms with Crippen LogP contribution in [0, 0.1) is 6.92 Å². The summed E-state index contributed by atoms with van der Waals surface area (Å²) in [5.74, 6) is -0.0713. The van der Waals surface area contributed by atoms with Crippen molar-refractivity contribution in [1.29, 1.82) is 0 Å². The predicted molar refractivity (Wildman–Crippen MR) is 108 cm³/mol. The molecule has 0 radical (unpaired) electrons. The number of benzene rings is 1. The van der Waals surface area contributed by atoms with Gasteiger partial charge in [-0.1, -0.05) is 30.0 Å². The van der Waals surface area contributed by atoms with E-state index in [0.29, 0.717) is 16.0 Å². The van der Waals surface area contributed by atoms with Crippen molar-refractivity contribution in [2.75, 3.05) is 11.1 Å². The summed E-state index contributed by atoms with van der Waals surface area (Å²) in [6.07, 6.45) is 1.92. The zero-order valence-corrected chi connectivity index (χ0v) is 15.9. The van der Waals surface area contributed by atoms with Crippen molar-refractivity contribution in [3.05, 3.63) is 58.0 Å². The smallest absolute Gasteiger partial charge is 0.251 e. The third-order valence-electron chi connectivity index (χ3n) is 3.80. The zero-order valence-electron chi connectivity index (χ0n) is 14.3. The van der Waals surface area contributed by atoms with Crippen molar-refractivity contribution in [2.45, 2.75) is 12.1 Å². The molecule has 3 N–H and O–H groups in total. The van der Waals surface area contributed by atoms with Gasteiger partial charge in [0.25, 0.3) is 5.56 Å². The largest absolute Gasteiger partial charge is 0.360 e. The van der Waals surface area contributed by atoms with Crippen molar-refractivity contribution < 1.29 is 4.79 Å². The average Bonchev–Trinajstić information content (AvgIpc) is 3.25. The molecule has 0 aliphatic rings. The first-order valence-electron chi connectivity index (χ1n) is 8.11. The Kier molecular flexibility index (Phi) is 4.78. The zero-order chi connectivity index (χ0) is 18.8. The number of H-pyrrole nitrogens is 2. The first kappa shape index (κ1) is 17.5. The van der Waals surface area contributed by atoms with E-state index < -0.39 is 0 Å². The van der Waals surface area contributed by atoms with Crippen LogP contribution in [-0.4, -0.2) is 31.6 Å². The number of hydrogen-bond acceptors (Lipinski definition) is 6. The van der Waals surface area contributed by atoms with E-state index >= 15 is 0 Å². The Morgan fingerprint density at radius 1 is 1.30 bits per heavy atom. The summed E-state index contributed by atoms with van der Waals surface area (Å²) in [6, 6.07) is 9.41. The number of fused-ring (bicyclic) bond motifs is 1. The number of carbonyl (C=O) groups excluding carboxylic acids is 1. The van der Waals surface area contributed by atoms with E-state index in [9.17, 15) is 9.59 Å². The number of thiazole rings is 1. The van der Waals surface area contributed by atoms with Gasteiger partial charge in [0.2, 0.25) is 5.91 Å². The minimum Gasteiger partial charge on any atom is -0.360 e. The van der Waals surface area contributed by atoms with Crippen LogP contribution >= 0.6 is 23.1 Å². The quantitative estimate of drug-likeness (QED) is 0.354. The number of aromatic nitrogens is 4. The van der Waals surface area contributed by atoms with Gasteiger partial charge < -0.3 is 15.3 Å². The van der Waals surface area contributed by atoms with Gasteiger partial charge in [-0.3, -0.25) is 9.59 Å². The average molecular weight is 397 g/mol. The fourth-order valence-electron chi connectivity index (χ4n) is 2.65. The number of carbonyl (C=O) groups is 1. The number of nitrogens with one attached hydrogen (secondary N) is 3. The summed E-state index contributed by atoms with van der Waals surface area (Å²) in [7, 11) is 0. The molecule has 7 nitrogen and oxygen atoms in total. The summed E-state index contributed by atoms with van der Waals surface area (Å²) in [4.78, 5) is 38.1. The number of rotatable bonds is 5. The lowest BCUT2D eigenvalue weighted by molar-refractivity contribution is -0.113. The summed E-state index contributed by atoms with van der Waals surface area (Å²) in [5, 5.41) is 6.75. The molecular formula is C18H15N5O2S2. The second-order valence-corrected chi connectivity index (χ2v) is 7.64. The van der Waals surface area contributed by atoms with Crippen molar-refractivity contribution in [3.63, 3.8) is 0 Å². The lowest BCUT2D eigenvalue weighted by atomic mass is 10.1. The van der Waals surface area contributed by atoms with E-state index in [0.717, 1.165) is 22.2 Å². The predicted octanol–water partition coefficient (Wildman–Crippen LogP) is 3.41. The monoisotopic (exact) mass is 397 g/mol. The highest BCUT2D eigenvalue weighted by Gasteiger charge is 2.12. The van der Waals surface area contributed by atoms with E-state index in [2.05, 4.69) is 25.3 Å². The van der Waals surface area contributed by atoms with E-state index in [4.69, 9.17) is 0 Å². The van der Waals surface area contributed by atoms with E-state index in [1.54, 1.807) is 6.92 Å². The molecule has 9 heteroatoms. The Balaban J connectivity index is 1.43. The minimum absolute atomic E-state index is 0.133. The van der Waals surface area contributed by atoms with Crippen LogP contribution in [0.2, 0.25) is 0 Å². The second-order valence-electron chi connectivity index (χ2n) is 5.81. The van der Waals surface area contributed by atoms with Gasteiger partial charge in [0, 0.05) is 39.8 Å². The molecule has 1 amide bonds. The highest BCUT2D eigenvalue weighted by atomic mass is 32.2. The minimum atomic E-state index is -0.228. The van der Waals surface area contributed by atoms with E-state index in [1.165, 1.54) is 29.2 Å². The van der Waals surface area contributed by atoms with Gasteiger partial charge in [-0.25, -0.2) is 9.97 Å². The first-order valence-corrected chi connectivity index (χ1v) is 9.97. The number of para-hydroxylation sites is 1. The molecule has 27 heavy (non-hydrogen) atoms. The van der Waals surface area contributed by atoms with Crippen molar-refractivity contribution in [1.82, 2.24) is 19.9 Å². The Morgan fingerprint density at radius 2 is 2.15 bits per heavy atom. The highest BCUT2D eigenvalue weighted by molar-refractivity contribution is 7.99. The molecule has 0 aliphatic carbocycles. The van der Waals surface area contributed by atoms with Crippen LogP contribution < -0.4 is 10.9 Å². The fourth-order valence-corrected chi connectivity index (χ4v) is 4.10. The molecule has 0 aliphatic heterocycles. The maximum atomic E-state index is 12.2. The summed E-state index contributed by atoms with van der Waals surface area (Å²) >= 11 is 2.55. The Labute approximate surface area is 162 Å². The Morgan fingerprint density at radius 3 is 3.00 bits per heavy atom. The number of aryl methyl sites for hydroxylation is 1. The van der Waals surface area contributed by atoms with Crippen LogP contribution in [0.15, 0.2) is 51.9 Å². The van der Waals surface area contributed by atoms with E-state index in [1.807, 2.05) is 35.8 Å². The topological polar surface area (TPSA) is 104 Å². The number of thioether (sulfide) groups is 1. The summed E-state index contributed by atoms with van der Waals surface area (Å²) < 4.78 is 0. The van der Waals surface area contributed by atoms with Gasteiger partial charge in [0.15, 0.2) is 10.3 Å². The van der Waals surface area contributed by atoms with Gasteiger partial charge >= 0.3 is 0 Å². The SMILES string of the molecule is Cc1cc(=O)[nH]c(SCC(=O)Nc2nc(-c3c[nH]c4ccccc34)cs2)n1. The van der Waals surface area contributed by atoms with Crippen molar-refractivity contribution >= 4 is 45.0 Å². The molecule has 0 spiro atoms. The molecule has 0 saturated heterocycles. The lowest BCUT2D eigenvalue weighted by Gasteiger charge is -2.02. The molecule has 0 bridgehead atoms. The Hall–Kier alpha value is -2.91. The highest BCUT2D eigenvalue weighted by Crippen LogP contribution is 2.31. The van der Waals surface area contributed by atoms with Crippen molar-refractivity contribution in [2.24, 2.45) is 0 Å². The third kappa shape index (κ3) is 3.93. The van der Waals surface area contributed by atoms with Gasteiger partial charge in [0.05, 0.1) is 11.4 Å². The molecule has 4 aromatic rings. The van der Waals surface area contributed by atoms with Gasteiger partial charge in [0.1, 0.15) is 0 Å². The maximum absolute atomic E-state index is 12.2. The van der Waals surface area contributed by atoms with Gasteiger partial charge in [-0.15, -0.1) is 11.3 Å². The van der Waals surface area contributed by atoms with Gasteiger partial charge in [-0.2, -0.15) is 0 Å². The van der Waals surface area contributed by atoms with Crippen LogP contribution in [0.1, 0.15) is 5.69 Å². The summed E-state index contributed by atoms with van der Waals surface area (Å²) in [6.45, 7) is 1.74. The molecule has 3 aromatic heterocycles. The molecular weight excluding hydrogens is 382 g/mol. The van der Waals surface area contributed by atoms with Crippen LogP contribution in [-0.2, 0) is 4.79 Å². The normalized spacial score (nSPS) is 11.0. The van der Waals surface area contributed by atoms with Crippen LogP contribution in [0.5, 0.6) is 0 Å². The number of anilines is 1. The number of amides is 1.